The summed E-state index contributed by atoms with van der Waals surface area (Å²) in [5.41, 5.74) is 0. The van der Waals surface area contributed by atoms with Gasteiger partial charge in [-0.15, -0.1) is 12.4 Å². The van der Waals surface area contributed by atoms with E-state index in [0.717, 1.165) is 18.6 Å². The summed E-state index contributed by atoms with van der Waals surface area (Å²) in [4.78, 5) is 14.5. The number of fused-ring (bicyclic) bond motifs is 2. The third-order valence-electron chi connectivity index (χ3n) is 4.75. The number of nitrogens with one attached hydrogen (secondary N) is 1. The molecule has 2 saturated heterocycles. The fourth-order valence-electron chi connectivity index (χ4n) is 3.56. The molecule has 1 aromatic carbocycles. The van der Waals surface area contributed by atoms with Crippen LogP contribution in [0.15, 0.2) is 30.3 Å². The Hall–Kier alpha value is -1.26. The molecule has 2 fully saturated rings. The number of amides is 1. The van der Waals surface area contributed by atoms with Crippen LogP contribution in [0.1, 0.15) is 32.6 Å². The highest BCUT2D eigenvalue weighted by atomic mass is 35.5. The Bertz CT molecular complexity index is 485. The molecule has 0 radical (unpaired) electrons. The number of carbonyl (C=O) groups excluding carboxylic acids is 1. The molecule has 0 aliphatic carbocycles. The normalized spacial score (nSPS) is 27.6. The van der Waals surface area contributed by atoms with E-state index in [2.05, 4.69) is 5.32 Å². The fraction of sp³-hybridized carbons (Fsp3) is 0.588. The summed E-state index contributed by atoms with van der Waals surface area (Å²) in [7, 11) is 1.92. The lowest BCUT2D eigenvalue weighted by molar-refractivity contribution is -0.139. The molecule has 3 atom stereocenters. The number of rotatable bonds is 4. The predicted octanol–water partition coefficient (Wildman–Crippen LogP) is 2.62. The number of nitrogens with zero attached hydrogens (tertiary/aromatic N) is 1. The Morgan fingerprint density at radius 3 is 2.41 bits per heavy atom. The van der Waals surface area contributed by atoms with E-state index in [4.69, 9.17) is 4.74 Å². The van der Waals surface area contributed by atoms with E-state index in [1.807, 2.05) is 49.2 Å². The van der Waals surface area contributed by atoms with Crippen LogP contribution in [0.4, 0.5) is 0 Å². The standard InChI is InChI=1S/C17H24N2O2.ClH/c1-12(21-16-6-4-3-5-7-16)17(20)19(2)15-10-13-8-9-14(11-15)18-13;/h3-7,12-15,18H,8-11H2,1-2H3;1H. The zero-order valence-corrected chi connectivity index (χ0v) is 14.0. The molecule has 4 nitrogen and oxygen atoms in total. The van der Waals surface area contributed by atoms with Crippen molar-refractivity contribution in [3.05, 3.63) is 30.3 Å². The van der Waals surface area contributed by atoms with Gasteiger partial charge in [-0.1, -0.05) is 18.2 Å². The summed E-state index contributed by atoms with van der Waals surface area (Å²) in [5, 5.41) is 3.61. The Morgan fingerprint density at radius 1 is 1.23 bits per heavy atom. The van der Waals surface area contributed by atoms with E-state index in [1.165, 1.54) is 12.8 Å². The molecule has 0 saturated carbocycles. The van der Waals surface area contributed by atoms with E-state index in [-0.39, 0.29) is 18.3 Å². The number of halogens is 1. The van der Waals surface area contributed by atoms with Crippen molar-refractivity contribution in [2.45, 2.75) is 56.8 Å². The third kappa shape index (κ3) is 3.73. The largest absolute Gasteiger partial charge is 0.481 e. The lowest BCUT2D eigenvalue weighted by Gasteiger charge is -2.36. The summed E-state index contributed by atoms with van der Waals surface area (Å²) in [5.74, 6) is 0.822. The van der Waals surface area contributed by atoms with Gasteiger partial charge in [0.25, 0.3) is 5.91 Å². The first kappa shape index (κ1) is 17.1. The quantitative estimate of drug-likeness (QED) is 0.925. The number of likely N-dealkylation sites (N-methyl/N-ethyl adjacent to an activating group) is 1. The van der Waals surface area contributed by atoms with Crippen molar-refractivity contribution in [1.82, 2.24) is 10.2 Å². The highest BCUT2D eigenvalue weighted by Gasteiger charge is 2.37. The van der Waals surface area contributed by atoms with Gasteiger partial charge in [0.1, 0.15) is 5.75 Å². The number of piperidine rings is 1. The number of carbonyl (C=O) groups is 1. The molecule has 1 amide bonds. The molecule has 22 heavy (non-hydrogen) atoms. The molecule has 3 unspecified atom stereocenters. The molecule has 2 heterocycles. The summed E-state index contributed by atoms with van der Waals surface area (Å²) in [6.07, 6.45) is 4.19. The van der Waals surface area contributed by atoms with Gasteiger partial charge in [-0.3, -0.25) is 4.79 Å². The molecular formula is C17H25ClN2O2. The van der Waals surface area contributed by atoms with Gasteiger partial charge in [0.2, 0.25) is 0 Å². The fourth-order valence-corrected chi connectivity index (χ4v) is 3.56. The van der Waals surface area contributed by atoms with Gasteiger partial charge in [-0.25, -0.2) is 0 Å². The van der Waals surface area contributed by atoms with Crippen molar-refractivity contribution in [3.63, 3.8) is 0 Å². The maximum atomic E-state index is 12.6. The topological polar surface area (TPSA) is 41.6 Å². The van der Waals surface area contributed by atoms with Crippen molar-refractivity contribution in [3.8, 4) is 5.75 Å². The Morgan fingerprint density at radius 2 is 1.82 bits per heavy atom. The average Bonchev–Trinajstić information content (AvgIpc) is 2.85. The van der Waals surface area contributed by atoms with Gasteiger partial charge in [-0.05, 0) is 44.7 Å². The van der Waals surface area contributed by atoms with Crippen molar-refractivity contribution < 1.29 is 9.53 Å². The van der Waals surface area contributed by atoms with Crippen molar-refractivity contribution >= 4 is 18.3 Å². The van der Waals surface area contributed by atoms with Crippen LogP contribution in [0.2, 0.25) is 0 Å². The van der Waals surface area contributed by atoms with E-state index >= 15 is 0 Å². The van der Waals surface area contributed by atoms with Crippen LogP contribution in [0, 0.1) is 0 Å². The molecule has 2 aliphatic rings. The monoisotopic (exact) mass is 324 g/mol. The number of hydrogen-bond donors (Lipinski definition) is 1. The Labute approximate surface area is 138 Å². The van der Waals surface area contributed by atoms with Gasteiger partial charge < -0.3 is 15.0 Å². The summed E-state index contributed by atoms with van der Waals surface area (Å²) in [6, 6.07) is 11.1. The van der Waals surface area contributed by atoms with Crippen LogP contribution in [-0.4, -0.2) is 42.1 Å². The zero-order valence-electron chi connectivity index (χ0n) is 13.2. The van der Waals surface area contributed by atoms with E-state index in [0.29, 0.717) is 18.1 Å². The Kier molecular flexibility index (Phi) is 5.70. The van der Waals surface area contributed by atoms with Crippen molar-refractivity contribution in [1.29, 1.82) is 0 Å². The first-order chi connectivity index (χ1) is 10.1. The van der Waals surface area contributed by atoms with Crippen LogP contribution < -0.4 is 10.1 Å². The number of ether oxygens (including phenoxy) is 1. The van der Waals surface area contributed by atoms with Gasteiger partial charge in [0.05, 0.1) is 0 Å². The van der Waals surface area contributed by atoms with Crippen molar-refractivity contribution in [2.24, 2.45) is 0 Å². The lowest BCUT2D eigenvalue weighted by atomic mass is 9.98. The molecule has 5 heteroatoms. The predicted molar refractivity (Wildman–Crippen MR) is 89.5 cm³/mol. The van der Waals surface area contributed by atoms with E-state index < -0.39 is 6.10 Å². The summed E-state index contributed by atoms with van der Waals surface area (Å²) >= 11 is 0. The summed E-state index contributed by atoms with van der Waals surface area (Å²) < 4.78 is 5.75. The second-order valence-electron chi connectivity index (χ2n) is 6.29. The number of hydrogen-bond acceptors (Lipinski definition) is 3. The first-order valence-corrected chi connectivity index (χ1v) is 7.88. The van der Waals surface area contributed by atoms with Crippen LogP contribution in [0.5, 0.6) is 5.75 Å². The first-order valence-electron chi connectivity index (χ1n) is 7.88. The third-order valence-corrected chi connectivity index (χ3v) is 4.75. The molecule has 122 valence electrons. The SMILES string of the molecule is CC(Oc1ccccc1)C(=O)N(C)C1CC2CCC(C1)N2.Cl. The molecule has 3 rings (SSSR count). The minimum Gasteiger partial charge on any atom is -0.481 e. The molecule has 1 N–H and O–H groups in total. The van der Waals surface area contributed by atoms with Crippen LogP contribution in [0.25, 0.3) is 0 Å². The average molecular weight is 325 g/mol. The maximum Gasteiger partial charge on any atom is 0.263 e. The van der Waals surface area contributed by atoms with E-state index in [9.17, 15) is 4.79 Å². The molecular weight excluding hydrogens is 300 g/mol. The highest BCUT2D eigenvalue weighted by molar-refractivity contribution is 5.85. The van der Waals surface area contributed by atoms with Gasteiger partial charge in [0, 0.05) is 25.2 Å². The number of benzene rings is 1. The molecule has 0 spiro atoms. The van der Waals surface area contributed by atoms with Gasteiger partial charge in [-0.2, -0.15) is 0 Å². The molecule has 2 aliphatic heterocycles. The smallest absolute Gasteiger partial charge is 0.263 e. The second-order valence-corrected chi connectivity index (χ2v) is 6.29. The Balaban J connectivity index is 0.00000176. The zero-order chi connectivity index (χ0) is 14.8. The maximum absolute atomic E-state index is 12.6. The lowest BCUT2D eigenvalue weighted by Crippen LogP contribution is -2.51. The van der Waals surface area contributed by atoms with Crippen molar-refractivity contribution in [2.75, 3.05) is 7.05 Å². The molecule has 1 aromatic rings. The van der Waals surface area contributed by atoms with Crippen LogP contribution in [-0.2, 0) is 4.79 Å². The summed E-state index contributed by atoms with van der Waals surface area (Å²) in [6.45, 7) is 1.83. The minimum absolute atomic E-state index is 0. The van der Waals surface area contributed by atoms with Gasteiger partial charge >= 0.3 is 0 Å². The van der Waals surface area contributed by atoms with Crippen LogP contribution in [0.3, 0.4) is 0 Å². The minimum atomic E-state index is -0.440. The molecule has 0 aromatic heterocycles. The number of para-hydroxylation sites is 1. The van der Waals surface area contributed by atoms with E-state index in [1.54, 1.807) is 0 Å². The highest BCUT2D eigenvalue weighted by Crippen LogP contribution is 2.29. The molecule has 2 bridgehead atoms. The van der Waals surface area contributed by atoms with Gasteiger partial charge in [0.15, 0.2) is 6.10 Å². The van der Waals surface area contributed by atoms with Crippen LogP contribution >= 0.6 is 12.4 Å². The second kappa shape index (κ2) is 7.34.